The summed E-state index contributed by atoms with van der Waals surface area (Å²) in [6, 6.07) is 8.06. The molecular weight excluding hydrogens is 403 g/mol. The lowest BCUT2D eigenvalue weighted by Crippen LogP contribution is -2.51. The molecule has 1 atom stereocenters. The number of rotatable bonds is 5. The van der Waals surface area contributed by atoms with Gasteiger partial charge in [-0.3, -0.25) is 0 Å². The van der Waals surface area contributed by atoms with E-state index < -0.39 is 35.9 Å². The van der Waals surface area contributed by atoms with Gasteiger partial charge in [0.05, 0.1) is 10.0 Å². The summed E-state index contributed by atoms with van der Waals surface area (Å²) >= 11 is 11.7. The van der Waals surface area contributed by atoms with Crippen LogP contribution >= 0.6 is 23.2 Å². The largest absolute Gasteiger partial charge is 0.417 e. The predicted molar refractivity (Wildman–Crippen MR) is 100.0 cm³/mol. The summed E-state index contributed by atoms with van der Waals surface area (Å²) in [6.45, 7) is 4.81. The van der Waals surface area contributed by atoms with E-state index in [9.17, 15) is 22.7 Å². The first-order valence-corrected chi connectivity index (χ1v) is 9.00. The molecule has 1 N–H and O–H groups in total. The number of aryl methyl sites for hydroxylation is 1. The molecule has 2 aromatic carbocycles. The highest BCUT2D eigenvalue weighted by Gasteiger charge is 2.55. The molecule has 0 radical (unpaired) electrons. The van der Waals surface area contributed by atoms with Gasteiger partial charge in [-0.1, -0.05) is 49.2 Å². The van der Waals surface area contributed by atoms with Crippen molar-refractivity contribution in [3.63, 3.8) is 0 Å². The normalized spacial score (nSPS) is 14.9. The molecule has 1 unspecified atom stereocenters. The molecule has 1 nitrogen and oxygen atoms in total. The maximum absolute atomic E-state index is 13.8. The third-order valence-electron chi connectivity index (χ3n) is 4.67. The second-order valence-corrected chi connectivity index (χ2v) is 8.29. The van der Waals surface area contributed by atoms with Crippen molar-refractivity contribution in [3.05, 3.63) is 69.0 Å². The van der Waals surface area contributed by atoms with Crippen LogP contribution in [-0.4, -0.2) is 16.9 Å². The van der Waals surface area contributed by atoms with Crippen LogP contribution in [0.15, 0.2) is 36.4 Å². The summed E-state index contributed by atoms with van der Waals surface area (Å²) in [5.74, 6) is -0.538. The number of alkyl halides is 3. The maximum Gasteiger partial charge on any atom is 0.417 e. The van der Waals surface area contributed by atoms with Gasteiger partial charge in [0.15, 0.2) is 5.60 Å². The Morgan fingerprint density at radius 1 is 0.963 bits per heavy atom. The van der Waals surface area contributed by atoms with E-state index in [1.807, 2.05) is 0 Å². The van der Waals surface area contributed by atoms with E-state index in [2.05, 4.69) is 0 Å². The average Bonchev–Trinajstić information content (AvgIpc) is 2.51. The van der Waals surface area contributed by atoms with E-state index in [1.54, 1.807) is 20.8 Å². The van der Waals surface area contributed by atoms with Gasteiger partial charge >= 0.3 is 6.18 Å². The summed E-state index contributed by atoms with van der Waals surface area (Å²) in [4.78, 5) is 0. The monoisotopic (exact) mass is 422 g/mol. The van der Waals surface area contributed by atoms with Gasteiger partial charge in [-0.15, -0.1) is 0 Å². The zero-order valence-corrected chi connectivity index (χ0v) is 16.6. The summed E-state index contributed by atoms with van der Waals surface area (Å²) < 4.78 is 55.1. The Hall–Kier alpha value is -1.30. The van der Waals surface area contributed by atoms with Crippen LogP contribution < -0.4 is 0 Å². The van der Waals surface area contributed by atoms with E-state index in [1.165, 1.54) is 36.4 Å². The van der Waals surface area contributed by atoms with E-state index in [4.69, 9.17) is 23.2 Å². The molecule has 0 saturated carbocycles. The van der Waals surface area contributed by atoms with Crippen molar-refractivity contribution in [3.8, 4) is 0 Å². The Balaban J connectivity index is 2.43. The minimum Gasteiger partial charge on any atom is -0.380 e. The van der Waals surface area contributed by atoms with Crippen molar-refractivity contribution in [2.45, 2.75) is 50.8 Å². The standard InChI is InChI=1S/C20H20Cl2F4O/c1-12-4-6-14(23)9-15(12)18(2,3)11-19(27,20(24,25)26)10-13-5-7-16(21)17(22)8-13/h4-9,27H,10-11H2,1-3H3. The second kappa shape index (κ2) is 7.61. The summed E-state index contributed by atoms with van der Waals surface area (Å²) in [7, 11) is 0. The number of aliphatic hydroxyl groups is 1. The fraction of sp³-hybridized carbons (Fsp3) is 0.400. The highest BCUT2D eigenvalue weighted by Crippen LogP contribution is 2.44. The van der Waals surface area contributed by atoms with E-state index in [-0.39, 0.29) is 15.6 Å². The molecule has 0 heterocycles. The number of halogens is 6. The van der Waals surface area contributed by atoms with Gasteiger partial charge in [0.2, 0.25) is 0 Å². The molecule has 0 aliphatic carbocycles. The lowest BCUT2D eigenvalue weighted by molar-refractivity contribution is -0.266. The van der Waals surface area contributed by atoms with Crippen LogP contribution in [0.3, 0.4) is 0 Å². The minimum atomic E-state index is -4.89. The molecule has 0 bridgehead atoms. The Morgan fingerprint density at radius 2 is 1.59 bits per heavy atom. The molecule has 148 valence electrons. The SMILES string of the molecule is Cc1ccc(F)cc1C(C)(C)CC(O)(Cc1ccc(Cl)c(Cl)c1)C(F)(F)F. The molecule has 2 aromatic rings. The van der Waals surface area contributed by atoms with Gasteiger partial charge in [0.25, 0.3) is 0 Å². The summed E-state index contributed by atoms with van der Waals surface area (Å²) in [5.41, 5.74) is -2.88. The summed E-state index contributed by atoms with van der Waals surface area (Å²) in [5, 5.41) is 10.9. The van der Waals surface area contributed by atoms with Crippen molar-refractivity contribution in [2.75, 3.05) is 0 Å². The quantitative estimate of drug-likeness (QED) is 0.535. The van der Waals surface area contributed by atoms with Crippen molar-refractivity contribution < 1.29 is 22.7 Å². The third kappa shape index (κ3) is 4.95. The highest BCUT2D eigenvalue weighted by molar-refractivity contribution is 6.42. The fourth-order valence-corrected chi connectivity index (χ4v) is 3.72. The fourth-order valence-electron chi connectivity index (χ4n) is 3.40. The molecule has 0 aromatic heterocycles. The Kier molecular flexibility index (Phi) is 6.20. The van der Waals surface area contributed by atoms with Crippen LogP contribution in [0.1, 0.15) is 37.0 Å². The van der Waals surface area contributed by atoms with Crippen LogP contribution in [0.25, 0.3) is 0 Å². The van der Waals surface area contributed by atoms with Gasteiger partial charge in [-0.05, 0) is 59.7 Å². The second-order valence-electron chi connectivity index (χ2n) is 7.47. The molecule has 0 aliphatic heterocycles. The van der Waals surface area contributed by atoms with Gasteiger partial charge in [0, 0.05) is 6.42 Å². The minimum absolute atomic E-state index is 0.110. The smallest absolute Gasteiger partial charge is 0.380 e. The number of hydrogen-bond acceptors (Lipinski definition) is 1. The summed E-state index contributed by atoms with van der Waals surface area (Å²) in [6.07, 6.45) is -6.23. The highest BCUT2D eigenvalue weighted by atomic mass is 35.5. The third-order valence-corrected chi connectivity index (χ3v) is 5.41. The van der Waals surface area contributed by atoms with Crippen molar-refractivity contribution in [1.29, 1.82) is 0 Å². The first-order chi connectivity index (χ1) is 12.2. The molecule has 0 aliphatic rings. The van der Waals surface area contributed by atoms with E-state index >= 15 is 0 Å². The zero-order chi connectivity index (χ0) is 20.6. The number of benzene rings is 2. The zero-order valence-electron chi connectivity index (χ0n) is 15.1. The molecule has 7 heteroatoms. The molecule has 0 saturated heterocycles. The lowest BCUT2D eigenvalue weighted by atomic mass is 9.72. The van der Waals surface area contributed by atoms with Crippen molar-refractivity contribution in [1.82, 2.24) is 0 Å². The maximum atomic E-state index is 13.8. The van der Waals surface area contributed by atoms with Crippen LogP contribution in [-0.2, 0) is 11.8 Å². The van der Waals surface area contributed by atoms with E-state index in [0.717, 1.165) is 0 Å². The lowest BCUT2D eigenvalue weighted by Gasteiger charge is -2.38. The van der Waals surface area contributed by atoms with Gasteiger partial charge in [-0.25, -0.2) is 4.39 Å². The molecular formula is C20H20Cl2F4O. The van der Waals surface area contributed by atoms with Gasteiger partial charge in [-0.2, -0.15) is 13.2 Å². The van der Waals surface area contributed by atoms with Crippen LogP contribution in [0.2, 0.25) is 10.0 Å². The Labute approximate surface area is 165 Å². The molecule has 27 heavy (non-hydrogen) atoms. The van der Waals surface area contributed by atoms with Crippen molar-refractivity contribution >= 4 is 23.2 Å². The molecule has 0 spiro atoms. The number of hydrogen-bond donors (Lipinski definition) is 1. The van der Waals surface area contributed by atoms with Crippen molar-refractivity contribution in [2.24, 2.45) is 0 Å². The molecule has 2 rings (SSSR count). The van der Waals surface area contributed by atoms with Gasteiger partial charge < -0.3 is 5.11 Å². The average molecular weight is 423 g/mol. The van der Waals surface area contributed by atoms with Gasteiger partial charge in [0.1, 0.15) is 5.82 Å². The first kappa shape index (κ1) is 22.0. The first-order valence-electron chi connectivity index (χ1n) is 8.25. The molecule has 0 amide bonds. The van der Waals surface area contributed by atoms with Crippen LogP contribution in [0.5, 0.6) is 0 Å². The van der Waals surface area contributed by atoms with Crippen LogP contribution in [0, 0.1) is 12.7 Å². The molecule has 0 fully saturated rings. The Morgan fingerprint density at radius 3 is 2.15 bits per heavy atom. The van der Waals surface area contributed by atoms with E-state index in [0.29, 0.717) is 11.1 Å². The topological polar surface area (TPSA) is 20.2 Å². The van der Waals surface area contributed by atoms with Crippen LogP contribution in [0.4, 0.5) is 17.6 Å². The predicted octanol–water partition coefficient (Wildman–Crippen LogP) is 6.64. The Bertz CT molecular complexity index is 833.